The Labute approximate surface area is 129 Å². The lowest BCUT2D eigenvalue weighted by Gasteiger charge is -2.22. The fraction of sp³-hybridized carbons (Fsp3) is 0.278. The minimum Gasteiger partial charge on any atom is -0.508 e. The zero-order valence-electron chi connectivity index (χ0n) is 12.7. The number of nitroso groups, excluding NO2 is 1. The first-order chi connectivity index (χ1) is 10.4. The largest absolute Gasteiger partial charge is 0.508 e. The average molecular weight is 297 g/mol. The molecule has 0 unspecified atom stereocenters. The molecule has 1 aliphatic rings. The second-order valence-corrected chi connectivity index (χ2v) is 5.72. The van der Waals surface area contributed by atoms with Crippen molar-refractivity contribution < 1.29 is 9.90 Å². The molecule has 4 nitrogen and oxygen atoms in total. The molecule has 0 bridgehead atoms. The molecule has 114 valence electrons. The van der Waals surface area contributed by atoms with E-state index in [-0.39, 0.29) is 11.5 Å². The number of allylic oxidation sites excluding steroid dienone is 6. The molecule has 0 heterocycles. The maximum atomic E-state index is 11.3. The van der Waals surface area contributed by atoms with Gasteiger partial charge >= 0.3 is 0 Å². The summed E-state index contributed by atoms with van der Waals surface area (Å²) in [7, 11) is 0. The molecule has 0 radical (unpaired) electrons. The molecule has 0 spiro atoms. The Balaban J connectivity index is 2.14. The molecule has 22 heavy (non-hydrogen) atoms. The van der Waals surface area contributed by atoms with Crippen LogP contribution < -0.4 is 0 Å². The van der Waals surface area contributed by atoms with Crippen molar-refractivity contribution in [2.45, 2.75) is 32.2 Å². The molecule has 1 N–H and O–H groups in total. The van der Waals surface area contributed by atoms with Gasteiger partial charge < -0.3 is 5.11 Å². The molecule has 1 aliphatic carbocycles. The highest BCUT2D eigenvalue weighted by molar-refractivity contribution is 6.01. The van der Waals surface area contributed by atoms with Crippen LogP contribution in [0.5, 0.6) is 5.75 Å². The van der Waals surface area contributed by atoms with Gasteiger partial charge in [0.25, 0.3) is 0 Å². The maximum Gasteiger partial charge on any atom is 0.178 e. The van der Waals surface area contributed by atoms with Crippen molar-refractivity contribution in [1.29, 1.82) is 0 Å². The van der Waals surface area contributed by atoms with E-state index in [0.29, 0.717) is 12.8 Å². The van der Waals surface area contributed by atoms with Crippen LogP contribution >= 0.6 is 0 Å². The van der Waals surface area contributed by atoms with Crippen LogP contribution in [0.15, 0.2) is 64.9 Å². The van der Waals surface area contributed by atoms with Crippen molar-refractivity contribution in [2.24, 2.45) is 5.18 Å². The molecule has 0 saturated heterocycles. The topological polar surface area (TPSA) is 66.7 Å². The second-order valence-electron chi connectivity index (χ2n) is 5.72. The van der Waals surface area contributed by atoms with Crippen LogP contribution in [0.4, 0.5) is 0 Å². The lowest BCUT2D eigenvalue weighted by molar-refractivity contribution is -0.110. The van der Waals surface area contributed by atoms with Gasteiger partial charge in [0, 0.05) is 0 Å². The number of ketones is 1. The number of hydrogen-bond acceptors (Lipinski definition) is 4. The van der Waals surface area contributed by atoms with E-state index in [0.717, 1.165) is 16.7 Å². The van der Waals surface area contributed by atoms with Gasteiger partial charge in [-0.2, -0.15) is 0 Å². The Morgan fingerprint density at radius 3 is 2.27 bits per heavy atom. The number of nitrogens with zero attached hydrogens (tertiary/aromatic N) is 1. The van der Waals surface area contributed by atoms with Crippen LogP contribution in [-0.4, -0.2) is 10.9 Å². The molecule has 0 amide bonds. The third-order valence-electron chi connectivity index (χ3n) is 4.02. The Morgan fingerprint density at radius 2 is 1.73 bits per heavy atom. The van der Waals surface area contributed by atoms with Gasteiger partial charge in [-0.15, -0.1) is 4.91 Å². The predicted molar refractivity (Wildman–Crippen MR) is 86.5 cm³/mol. The molecule has 1 atom stereocenters. The third kappa shape index (κ3) is 3.58. The normalized spacial score (nSPS) is 16.5. The average Bonchev–Trinajstić information content (AvgIpc) is 2.53. The van der Waals surface area contributed by atoms with Crippen LogP contribution in [0.25, 0.3) is 0 Å². The monoisotopic (exact) mass is 297 g/mol. The van der Waals surface area contributed by atoms with E-state index in [1.54, 1.807) is 43.3 Å². The Morgan fingerprint density at radius 1 is 1.14 bits per heavy atom. The van der Waals surface area contributed by atoms with E-state index in [9.17, 15) is 14.8 Å². The summed E-state index contributed by atoms with van der Waals surface area (Å²) in [5.41, 5.74) is 2.04. The molecule has 0 fully saturated rings. The molecular formula is C18H19NO3. The first kappa shape index (κ1) is 15.9. The number of benzene rings is 1. The van der Waals surface area contributed by atoms with Crippen LogP contribution in [0, 0.1) is 4.91 Å². The summed E-state index contributed by atoms with van der Waals surface area (Å²) in [4.78, 5) is 22.5. The summed E-state index contributed by atoms with van der Waals surface area (Å²) >= 11 is 0. The summed E-state index contributed by atoms with van der Waals surface area (Å²) < 4.78 is 0. The third-order valence-corrected chi connectivity index (χ3v) is 4.02. The van der Waals surface area contributed by atoms with Gasteiger partial charge in [0.2, 0.25) is 0 Å². The van der Waals surface area contributed by atoms with Gasteiger partial charge in [0.15, 0.2) is 5.78 Å². The Bertz CT molecular complexity index is 650. The molecule has 2 rings (SSSR count). The number of hydrogen-bond donors (Lipinski definition) is 1. The van der Waals surface area contributed by atoms with E-state index in [1.165, 1.54) is 12.2 Å². The molecule has 4 heteroatoms. The fourth-order valence-electron chi connectivity index (χ4n) is 2.38. The smallest absolute Gasteiger partial charge is 0.178 e. The SMILES string of the molecule is CC(CC[C@@](C)(N=O)c1ccc(O)cc1)=C1C=CC(=O)C=C1. The van der Waals surface area contributed by atoms with Gasteiger partial charge in [-0.3, -0.25) is 4.79 Å². The fourth-order valence-corrected chi connectivity index (χ4v) is 2.38. The number of carbonyl (C=O) groups is 1. The van der Waals surface area contributed by atoms with E-state index >= 15 is 0 Å². The molecule has 0 aromatic heterocycles. The number of rotatable bonds is 5. The first-order valence-electron chi connectivity index (χ1n) is 7.18. The van der Waals surface area contributed by atoms with Crippen molar-refractivity contribution >= 4 is 5.78 Å². The van der Waals surface area contributed by atoms with Gasteiger partial charge in [0.1, 0.15) is 11.3 Å². The van der Waals surface area contributed by atoms with Crippen molar-refractivity contribution in [3.05, 3.63) is 70.2 Å². The minimum atomic E-state index is -0.840. The molecule has 0 saturated carbocycles. The summed E-state index contributed by atoms with van der Waals surface area (Å²) in [6.45, 7) is 3.78. The Kier molecular flexibility index (Phi) is 4.71. The van der Waals surface area contributed by atoms with Crippen LogP contribution in [0.3, 0.4) is 0 Å². The van der Waals surface area contributed by atoms with Crippen LogP contribution in [-0.2, 0) is 10.3 Å². The lowest BCUT2D eigenvalue weighted by atomic mass is 9.86. The number of phenols is 1. The summed E-state index contributed by atoms with van der Waals surface area (Å²) in [6.07, 6.45) is 7.92. The van der Waals surface area contributed by atoms with Crippen molar-refractivity contribution in [3.8, 4) is 5.75 Å². The molecule has 1 aromatic carbocycles. The van der Waals surface area contributed by atoms with Crippen molar-refractivity contribution in [1.82, 2.24) is 0 Å². The van der Waals surface area contributed by atoms with Gasteiger partial charge in [-0.05, 0) is 62.1 Å². The van der Waals surface area contributed by atoms with Crippen molar-refractivity contribution in [3.63, 3.8) is 0 Å². The second kappa shape index (κ2) is 6.52. The quantitative estimate of drug-likeness (QED) is 0.830. The van der Waals surface area contributed by atoms with E-state index < -0.39 is 5.54 Å². The zero-order chi connectivity index (χ0) is 16.2. The summed E-state index contributed by atoms with van der Waals surface area (Å²) in [5, 5.41) is 12.7. The number of phenolic OH excluding ortho intramolecular Hbond substituents is 1. The summed E-state index contributed by atoms with van der Waals surface area (Å²) in [6, 6.07) is 6.56. The van der Waals surface area contributed by atoms with Crippen LogP contribution in [0.1, 0.15) is 32.3 Å². The van der Waals surface area contributed by atoms with E-state index in [1.807, 2.05) is 6.92 Å². The van der Waals surface area contributed by atoms with Crippen molar-refractivity contribution in [2.75, 3.05) is 0 Å². The van der Waals surface area contributed by atoms with E-state index in [4.69, 9.17) is 0 Å². The summed E-state index contributed by atoms with van der Waals surface area (Å²) in [5.74, 6) is 0.150. The highest BCUT2D eigenvalue weighted by Gasteiger charge is 2.27. The minimum absolute atomic E-state index is 0.0139. The van der Waals surface area contributed by atoms with Gasteiger partial charge in [0.05, 0.1) is 0 Å². The molecular weight excluding hydrogens is 278 g/mol. The van der Waals surface area contributed by atoms with Crippen LogP contribution in [0.2, 0.25) is 0 Å². The molecule has 1 aromatic rings. The highest BCUT2D eigenvalue weighted by atomic mass is 16.3. The Hall–Kier alpha value is -2.49. The number of carbonyl (C=O) groups excluding carboxylic acids is 1. The standard InChI is InChI=1S/C18H19NO3/c1-13(14-3-7-16(20)8-4-14)11-12-18(2,19-22)15-5-9-17(21)10-6-15/h3-10,21H,11-12H2,1-2H3/t18-/m1/s1. The zero-order valence-corrected chi connectivity index (χ0v) is 12.7. The number of aromatic hydroxyl groups is 1. The predicted octanol–water partition coefficient (Wildman–Crippen LogP) is 4.17. The first-order valence-corrected chi connectivity index (χ1v) is 7.18. The maximum absolute atomic E-state index is 11.3. The highest BCUT2D eigenvalue weighted by Crippen LogP contribution is 2.33. The van der Waals surface area contributed by atoms with Gasteiger partial charge in [-0.1, -0.05) is 35.0 Å². The lowest BCUT2D eigenvalue weighted by Crippen LogP contribution is -2.18. The van der Waals surface area contributed by atoms with Gasteiger partial charge in [-0.25, -0.2) is 0 Å². The van der Waals surface area contributed by atoms with E-state index in [2.05, 4.69) is 5.18 Å². The molecule has 0 aliphatic heterocycles.